The summed E-state index contributed by atoms with van der Waals surface area (Å²) in [7, 11) is 7.31. The van der Waals surface area contributed by atoms with Crippen LogP contribution in [0.15, 0.2) is 47.5 Å². The average Bonchev–Trinajstić information content (AvgIpc) is 2.68. The van der Waals surface area contributed by atoms with Crippen molar-refractivity contribution in [2.45, 2.75) is 13.0 Å². The molecule has 0 fully saturated rings. The lowest BCUT2D eigenvalue weighted by atomic mass is 10.1. The van der Waals surface area contributed by atoms with E-state index in [4.69, 9.17) is 9.47 Å². The first-order valence-corrected chi connectivity index (χ1v) is 9.18. The van der Waals surface area contributed by atoms with Gasteiger partial charge in [0.15, 0.2) is 17.5 Å². The summed E-state index contributed by atoms with van der Waals surface area (Å²) in [5.74, 6) is 1.74. The van der Waals surface area contributed by atoms with Crippen molar-refractivity contribution in [1.29, 1.82) is 0 Å². The van der Waals surface area contributed by atoms with Crippen LogP contribution in [-0.4, -0.2) is 52.3 Å². The monoisotopic (exact) mass is 516 g/mol. The maximum absolute atomic E-state index is 13.2. The Morgan fingerprint density at radius 3 is 2.38 bits per heavy atom. The summed E-state index contributed by atoms with van der Waals surface area (Å²) in [5.41, 5.74) is 1.86. The molecule has 2 aromatic rings. The molecule has 0 amide bonds. The highest BCUT2D eigenvalue weighted by atomic mass is 127. The topological polar surface area (TPSA) is 58.1 Å². The molecule has 8 heteroatoms. The maximum atomic E-state index is 13.2. The standard InChI is InChI=1S/C21H29FN4O2.HI/c1-6-28-20-13-17(11-12-19(20)27-5)25-21(23-2)24-14-18(26(3)4)15-7-9-16(22)10-8-15;/h7-13,18H,6,14H2,1-5H3,(H2,23,24,25);1H. The van der Waals surface area contributed by atoms with Gasteiger partial charge in [-0.05, 0) is 50.8 Å². The zero-order valence-corrected chi connectivity index (χ0v) is 19.9. The Morgan fingerprint density at radius 1 is 1.14 bits per heavy atom. The van der Waals surface area contributed by atoms with Crippen molar-refractivity contribution in [3.8, 4) is 11.5 Å². The largest absolute Gasteiger partial charge is 0.493 e. The molecule has 0 saturated carbocycles. The number of guanidine groups is 1. The molecule has 0 spiro atoms. The summed E-state index contributed by atoms with van der Waals surface area (Å²) in [6.07, 6.45) is 0. The van der Waals surface area contributed by atoms with Crippen LogP contribution >= 0.6 is 24.0 Å². The first kappa shape index (κ1) is 25.0. The second kappa shape index (κ2) is 12.5. The van der Waals surface area contributed by atoms with Gasteiger partial charge in [0.05, 0.1) is 19.8 Å². The average molecular weight is 516 g/mol. The van der Waals surface area contributed by atoms with Crippen LogP contribution in [0.1, 0.15) is 18.5 Å². The number of benzene rings is 2. The second-order valence-electron chi connectivity index (χ2n) is 6.41. The van der Waals surface area contributed by atoms with Crippen molar-refractivity contribution in [3.63, 3.8) is 0 Å². The van der Waals surface area contributed by atoms with Gasteiger partial charge in [0.2, 0.25) is 0 Å². The minimum Gasteiger partial charge on any atom is -0.493 e. The third kappa shape index (κ3) is 7.36. The Morgan fingerprint density at radius 2 is 1.83 bits per heavy atom. The van der Waals surface area contributed by atoms with E-state index in [1.807, 2.05) is 39.2 Å². The number of nitrogens with one attached hydrogen (secondary N) is 2. The zero-order chi connectivity index (χ0) is 20.5. The van der Waals surface area contributed by atoms with Crippen molar-refractivity contribution in [2.75, 3.05) is 46.7 Å². The lowest BCUT2D eigenvalue weighted by Crippen LogP contribution is -2.38. The number of halogens is 2. The molecule has 2 rings (SSSR count). The van der Waals surface area contributed by atoms with Crippen LogP contribution in [0.3, 0.4) is 0 Å². The van der Waals surface area contributed by atoms with Gasteiger partial charge in [-0.3, -0.25) is 4.99 Å². The molecule has 6 nitrogen and oxygen atoms in total. The van der Waals surface area contributed by atoms with Crippen LogP contribution < -0.4 is 20.1 Å². The highest BCUT2D eigenvalue weighted by molar-refractivity contribution is 14.0. The molecule has 2 N–H and O–H groups in total. The Balaban J connectivity index is 0.00000420. The minimum atomic E-state index is -0.240. The fraction of sp³-hybridized carbons (Fsp3) is 0.381. The van der Waals surface area contributed by atoms with E-state index < -0.39 is 0 Å². The summed E-state index contributed by atoms with van der Waals surface area (Å²) in [6.45, 7) is 3.08. The number of nitrogens with zero attached hydrogens (tertiary/aromatic N) is 2. The Labute approximate surface area is 189 Å². The Bertz CT molecular complexity index is 785. The molecule has 1 atom stereocenters. The third-order valence-corrected chi connectivity index (χ3v) is 4.29. The van der Waals surface area contributed by atoms with E-state index >= 15 is 0 Å². The molecule has 0 radical (unpaired) electrons. The number of anilines is 1. The van der Waals surface area contributed by atoms with Crippen molar-refractivity contribution in [3.05, 3.63) is 53.8 Å². The molecule has 1 unspecified atom stereocenters. The summed E-state index contributed by atoms with van der Waals surface area (Å²) in [6, 6.07) is 12.2. The van der Waals surface area contributed by atoms with E-state index in [0.717, 1.165) is 11.3 Å². The molecular formula is C21H30FIN4O2. The van der Waals surface area contributed by atoms with Gasteiger partial charge in [0.1, 0.15) is 5.82 Å². The molecule has 160 valence electrons. The number of ether oxygens (including phenoxy) is 2. The Kier molecular flexibility index (Phi) is 10.7. The number of methoxy groups -OCH3 is 1. The van der Waals surface area contributed by atoms with Crippen molar-refractivity contribution in [2.24, 2.45) is 4.99 Å². The van der Waals surface area contributed by atoms with E-state index in [1.54, 1.807) is 26.3 Å². The van der Waals surface area contributed by atoms with Gasteiger partial charge in [-0.1, -0.05) is 12.1 Å². The lowest BCUT2D eigenvalue weighted by molar-refractivity contribution is 0.298. The van der Waals surface area contributed by atoms with Crippen molar-refractivity contribution < 1.29 is 13.9 Å². The first-order chi connectivity index (χ1) is 13.5. The second-order valence-corrected chi connectivity index (χ2v) is 6.41. The fourth-order valence-electron chi connectivity index (χ4n) is 2.82. The quantitative estimate of drug-likeness (QED) is 0.314. The molecule has 0 heterocycles. The fourth-order valence-corrected chi connectivity index (χ4v) is 2.82. The van der Waals surface area contributed by atoms with Crippen LogP contribution in [0.25, 0.3) is 0 Å². The van der Waals surface area contributed by atoms with Crippen LogP contribution in [0, 0.1) is 5.82 Å². The molecule has 0 aliphatic carbocycles. The molecule has 0 aromatic heterocycles. The normalized spacial score (nSPS) is 12.2. The first-order valence-electron chi connectivity index (χ1n) is 9.18. The maximum Gasteiger partial charge on any atom is 0.195 e. The van der Waals surface area contributed by atoms with Gasteiger partial charge in [0.25, 0.3) is 0 Å². The molecular weight excluding hydrogens is 486 g/mol. The van der Waals surface area contributed by atoms with Crippen molar-refractivity contribution in [1.82, 2.24) is 10.2 Å². The van der Waals surface area contributed by atoms with Crippen LogP contribution in [0.5, 0.6) is 11.5 Å². The predicted octanol–water partition coefficient (Wildman–Crippen LogP) is 4.14. The van der Waals surface area contributed by atoms with Crippen LogP contribution in [0.4, 0.5) is 10.1 Å². The lowest BCUT2D eigenvalue weighted by Gasteiger charge is -2.26. The van der Waals surface area contributed by atoms with E-state index in [9.17, 15) is 4.39 Å². The summed E-state index contributed by atoms with van der Waals surface area (Å²) in [4.78, 5) is 6.36. The van der Waals surface area contributed by atoms with E-state index in [0.29, 0.717) is 30.6 Å². The van der Waals surface area contributed by atoms with Gasteiger partial charge in [0, 0.05) is 25.3 Å². The van der Waals surface area contributed by atoms with E-state index in [1.165, 1.54) is 12.1 Å². The van der Waals surface area contributed by atoms with Crippen LogP contribution in [-0.2, 0) is 0 Å². The smallest absolute Gasteiger partial charge is 0.195 e. The molecule has 0 bridgehead atoms. The van der Waals surface area contributed by atoms with Gasteiger partial charge >= 0.3 is 0 Å². The van der Waals surface area contributed by atoms with Crippen LogP contribution in [0.2, 0.25) is 0 Å². The summed E-state index contributed by atoms with van der Waals surface area (Å²) >= 11 is 0. The SMILES string of the molecule is CCOc1cc(NC(=NC)NCC(c2ccc(F)cc2)N(C)C)ccc1OC.I. The van der Waals surface area contributed by atoms with Gasteiger partial charge in [-0.25, -0.2) is 4.39 Å². The summed E-state index contributed by atoms with van der Waals surface area (Å²) in [5, 5.41) is 6.58. The minimum absolute atomic E-state index is 0. The zero-order valence-electron chi connectivity index (χ0n) is 17.5. The number of hydrogen-bond donors (Lipinski definition) is 2. The van der Waals surface area contributed by atoms with Gasteiger partial charge in [-0.2, -0.15) is 0 Å². The number of rotatable bonds is 8. The van der Waals surface area contributed by atoms with Crippen molar-refractivity contribution >= 4 is 35.6 Å². The van der Waals surface area contributed by atoms with E-state index in [2.05, 4.69) is 20.5 Å². The number of aliphatic imine (C=N–C) groups is 1. The third-order valence-electron chi connectivity index (χ3n) is 4.29. The highest BCUT2D eigenvalue weighted by Crippen LogP contribution is 2.30. The van der Waals surface area contributed by atoms with Gasteiger partial charge < -0.3 is 25.0 Å². The molecule has 29 heavy (non-hydrogen) atoms. The number of likely N-dealkylation sites (N-methyl/N-ethyl adjacent to an activating group) is 1. The molecule has 2 aromatic carbocycles. The van der Waals surface area contributed by atoms with E-state index in [-0.39, 0.29) is 35.8 Å². The molecule has 0 saturated heterocycles. The molecule has 0 aliphatic heterocycles. The van der Waals surface area contributed by atoms with Gasteiger partial charge in [-0.15, -0.1) is 24.0 Å². The molecule has 0 aliphatic rings. The number of hydrogen-bond acceptors (Lipinski definition) is 4. The summed E-state index contributed by atoms with van der Waals surface area (Å²) < 4.78 is 24.2. The Hall–Kier alpha value is -2.07. The highest BCUT2D eigenvalue weighted by Gasteiger charge is 2.15. The predicted molar refractivity (Wildman–Crippen MR) is 127 cm³/mol.